The molecule has 38 heavy (non-hydrogen) atoms. The highest BCUT2D eigenvalue weighted by Crippen LogP contribution is 2.33. The number of carbonyl (C=O) groups excluding carboxylic acids is 2. The number of alkyl halides is 6. The predicted octanol–water partition coefficient (Wildman–Crippen LogP) is 6.21. The lowest BCUT2D eigenvalue weighted by molar-refractivity contribution is -0.139. The molecule has 0 radical (unpaired) electrons. The van der Waals surface area contributed by atoms with Gasteiger partial charge in [0.1, 0.15) is 6.54 Å². The summed E-state index contributed by atoms with van der Waals surface area (Å²) in [4.78, 5) is 28.9. The van der Waals surface area contributed by atoms with E-state index in [1.54, 1.807) is 0 Å². The fourth-order valence-corrected chi connectivity index (χ4v) is 4.60. The second-order valence-electron chi connectivity index (χ2n) is 9.13. The zero-order valence-electron chi connectivity index (χ0n) is 20.1. The molecule has 0 N–H and O–H groups in total. The van der Waals surface area contributed by atoms with Crippen LogP contribution < -0.4 is 0 Å². The molecule has 2 amide bonds. The molecule has 4 nitrogen and oxygen atoms in total. The first-order valence-corrected chi connectivity index (χ1v) is 11.9. The Kier molecular flexibility index (Phi) is 7.80. The van der Waals surface area contributed by atoms with Crippen molar-refractivity contribution in [3.8, 4) is 0 Å². The van der Waals surface area contributed by atoms with Crippen molar-refractivity contribution in [1.29, 1.82) is 0 Å². The Balaban J connectivity index is 1.61. The summed E-state index contributed by atoms with van der Waals surface area (Å²) in [5, 5.41) is 0. The van der Waals surface area contributed by atoms with E-state index in [1.807, 2.05) is 30.3 Å². The topological polar surface area (TPSA) is 40.6 Å². The summed E-state index contributed by atoms with van der Waals surface area (Å²) in [5.74, 6) is -1.47. The van der Waals surface area contributed by atoms with Crippen LogP contribution >= 0.6 is 0 Å². The monoisotopic (exact) mass is 534 g/mol. The molecule has 10 heteroatoms. The predicted molar refractivity (Wildman–Crippen MR) is 128 cm³/mol. The Morgan fingerprint density at radius 1 is 0.816 bits per heavy atom. The minimum atomic E-state index is -4.76. The van der Waals surface area contributed by atoms with Crippen LogP contribution in [0.25, 0.3) is 0 Å². The summed E-state index contributed by atoms with van der Waals surface area (Å²) in [6, 6.07) is 17.7. The van der Waals surface area contributed by atoms with Crippen molar-refractivity contribution in [2.24, 2.45) is 0 Å². The van der Waals surface area contributed by atoms with E-state index in [-0.39, 0.29) is 18.7 Å². The van der Waals surface area contributed by atoms with Gasteiger partial charge in [-0.3, -0.25) is 9.59 Å². The van der Waals surface area contributed by atoms with E-state index in [0.29, 0.717) is 12.8 Å². The molecule has 1 aliphatic rings. The summed E-state index contributed by atoms with van der Waals surface area (Å²) >= 11 is 0. The highest BCUT2D eigenvalue weighted by Gasteiger charge is 2.39. The van der Waals surface area contributed by atoms with Crippen molar-refractivity contribution in [3.63, 3.8) is 0 Å². The summed E-state index contributed by atoms with van der Waals surface area (Å²) in [7, 11) is 0. The molecule has 200 valence electrons. The van der Waals surface area contributed by atoms with E-state index in [9.17, 15) is 35.9 Å². The molecule has 0 bridgehead atoms. The van der Waals surface area contributed by atoms with Gasteiger partial charge >= 0.3 is 12.4 Å². The molecule has 0 aromatic heterocycles. The number of carbonyl (C=O) groups is 2. The maximum Gasteiger partial charge on any atom is 0.417 e. The van der Waals surface area contributed by atoms with Gasteiger partial charge in [-0.25, -0.2) is 0 Å². The maximum absolute atomic E-state index is 13.5. The van der Waals surface area contributed by atoms with Crippen molar-refractivity contribution in [2.45, 2.75) is 37.8 Å². The van der Waals surface area contributed by atoms with Crippen LogP contribution in [0, 0.1) is 0 Å². The van der Waals surface area contributed by atoms with Crippen LogP contribution in [0.4, 0.5) is 26.3 Å². The molecule has 0 saturated carbocycles. The number of nitrogens with zero attached hydrogens (tertiary/aromatic N) is 2. The third kappa shape index (κ3) is 6.35. The first-order valence-electron chi connectivity index (χ1n) is 11.9. The minimum absolute atomic E-state index is 0.0530. The minimum Gasteiger partial charge on any atom is -0.332 e. The molecule has 3 aromatic rings. The molecule has 0 spiro atoms. The first-order chi connectivity index (χ1) is 17.9. The number of benzene rings is 3. The van der Waals surface area contributed by atoms with E-state index >= 15 is 0 Å². The maximum atomic E-state index is 13.5. The molecule has 1 heterocycles. The molecule has 1 saturated heterocycles. The Bertz CT molecular complexity index is 1290. The zero-order valence-corrected chi connectivity index (χ0v) is 20.1. The third-order valence-electron chi connectivity index (χ3n) is 6.48. The van der Waals surface area contributed by atoms with Gasteiger partial charge in [0.15, 0.2) is 0 Å². The standard InChI is InChI=1S/C28H24F6N2O2/c29-27(30,31)21-10-6-9-20(15-21)16-36-22(14-13-19-7-2-1-3-8-19)17-35(18-25(36)37)26(38)23-11-4-5-12-24(23)28(32,33)34/h1-12,15,22H,13-14,16-18H2/t22-/m0/s1. The Morgan fingerprint density at radius 3 is 2.16 bits per heavy atom. The fraction of sp³-hybridized carbons (Fsp3) is 0.286. The number of halogens is 6. The normalized spacial score (nSPS) is 16.6. The van der Waals surface area contributed by atoms with Gasteiger partial charge in [-0.1, -0.05) is 54.6 Å². The Labute approximate surface area is 215 Å². The van der Waals surface area contributed by atoms with Crippen molar-refractivity contribution in [1.82, 2.24) is 9.80 Å². The van der Waals surface area contributed by atoms with E-state index in [0.717, 1.165) is 34.7 Å². The van der Waals surface area contributed by atoms with Gasteiger partial charge in [-0.05, 0) is 48.2 Å². The van der Waals surface area contributed by atoms with Crippen LogP contribution in [-0.4, -0.2) is 40.7 Å². The zero-order chi connectivity index (χ0) is 27.5. The number of hydrogen-bond acceptors (Lipinski definition) is 2. The second-order valence-corrected chi connectivity index (χ2v) is 9.13. The number of amides is 2. The lowest BCUT2D eigenvalue weighted by atomic mass is 9.99. The van der Waals surface area contributed by atoms with Gasteiger partial charge in [-0.2, -0.15) is 26.3 Å². The molecule has 1 atom stereocenters. The lowest BCUT2D eigenvalue weighted by Crippen LogP contribution is -2.57. The van der Waals surface area contributed by atoms with Gasteiger partial charge in [0.05, 0.1) is 22.7 Å². The van der Waals surface area contributed by atoms with E-state index < -0.39 is 53.4 Å². The molecule has 1 aliphatic heterocycles. The van der Waals surface area contributed by atoms with Crippen LogP contribution in [0.3, 0.4) is 0 Å². The van der Waals surface area contributed by atoms with Crippen LogP contribution in [0.15, 0.2) is 78.9 Å². The molecule has 4 rings (SSSR count). The van der Waals surface area contributed by atoms with E-state index in [1.165, 1.54) is 29.2 Å². The molecule has 0 aliphatic carbocycles. The average Bonchev–Trinajstić information content (AvgIpc) is 2.88. The first kappa shape index (κ1) is 27.2. The Hall–Kier alpha value is -3.82. The molecule has 0 unspecified atom stereocenters. The third-order valence-corrected chi connectivity index (χ3v) is 6.48. The molecular weight excluding hydrogens is 510 g/mol. The SMILES string of the molecule is O=C(c1ccccc1C(F)(F)F)N1CC(=O)N(Cc2cccc(C(F)(F)F)c2)[C@@H](CCc2ccccc2)C1. The number of aryl methyl sites for hydroxylation is 1. The van der Waals surface area contributed by atoms with Gasteiger partial charge in [0.25, 0.3) is 5.91 Å². The molecular formula is C28H24F6N2O2. The van der Waals surface area contributed by atoms with Crippen LogP contribution in [0.1, 0.15) is 39.0 Å². The van der Waals surface area contributed by atoms with Crippen LogP contribution in [0.2, 0.25) is 0 Å². The summed E-state index contributed by atoms with van der Waals surface area (Å²) in [5.41, 5.74) is -1.28. The highest BCUT2D eigenvalue weighted by molar-refractivity contribution is 5.98. The lowest BCUT2D eigenvalue weighted by Gasteiger charge is -2.41. The van der Waals surface area contributed by atoms with Crippen molar-refractivity contribution in [2.75, 3.05) is 13.1 Å². The van der Waals surface area contributed by atoms with Gasteiger partial charge in [0.2, 0.25) is 5.91 Å². The van der Waals surface area contributed by atoms with Crippen LogP contribution in [0.5, 0.6) is 0 Å². The van der Waals surface area contributed by atoms with Crippen LogP contribution in [-0.2, 0) is 30.1 Å². The second kappa shape index (κ2) is 10.9. The largest absolute Gasteiger partial charge is 0.417 e. The fourth-order valence-electron chi connectivity index (χ4n) is 4.60. The highest BCUT2D eigenvalue weighted by atomic mass is 19.4. The summed E-state index contributed by atoms with van der Waals surface area (Å²) in [6.45, 7) is -0.655. The molecule has 1 fully saturated rings. The van der Waals surface area contributed by atoms with Crippen molar-refractivity contribution < 1.29 is 35.9 Å². The van der Waals surface area contributed by atoms with Crippen molar-refractivity contribution >= 4 is 11.8 Å². The summed E-state index contributed by atoms with van der Waals surface area (Å²) < 4.78 is 80.3. The van der Waals surface area contributed by atoms with Crippen molar-refractivity contribution in [3.05, 3.63) is 107 Å². The number of hydrogen-bond donors (Lipinski definition) is 0. The van der Waals surface area contributed by atoms with E-state index in [4.69, 9.17) is 0 Å². The smallest absolute Gasteiger partial charge is 0.332 e. The van der Waals surface area contributed by atoms with Gasteiger partial charge < -0.3 is 9.80 Å². The number of rotatable bonds is 6. The number of piperazine rings is 1. The summed E-state index contributed by atoms with van der Waals surface area (Å²) in [6.07, 6.45) is -8.45. The van der Waals surface area contributed by atoms with Gasteiger partial charge in [0, 0.05) is 13.1 Å². The van der Waals surface area contributed by atoms with Gasteiger partial charge in [-0.15, -0.1) is 0 Å². The quantitative estimate of drug-likeness (QED) is 0.353. The van der Waals surface area contributed by atoms with E-state index in [2.05, 4.69) is 0 Å². The molecule has 3 aromatic carbocycles. The average molecular weight is 535 g/mol. The Morgan fingerprint density at radius 2 is 1.47 bits per heavy atom.